The topological polar surface area (TPSA) is 95.2 Å². The molecule has 0 radical (unpaired) electrons. The van der Waals surface area contributed by atoms with Gasteiger partial charge < -0.3 is 4.98 Å². The molecule has 0 unspecified atom stereocenters. The van der Waals surface area contributed by atoms with Crippen molar-refractivity contribution in [2.45, 2.75) is 45.4 Å². The van der Waals surface area contributed by atoms with E-state index < -0.39 is 10.0 Å². The molecule has 164 valence electrons. The Morgan fingerprint density at radius 2 is 1.68 bits per heavy atom. The Morgan fingerprint density at radius 1 is 1.06 bits per heavy atom. The van der Waals surface area contributed by atoms with Crippen molar-refractivity contribution in [3.8, 4) is 0 Å². The number of H-pyrrole nitrogens is 1. The molecule has 31 heavy (non-hydrogen) atoms. The molecule has 8 heteroatoms. The minimum absolute atomic E-state index is 0.130. The van der Waals surface area contributed by atoms with Crippen molar-refractivity contribution in [3.05, 3.63) is 52.6 Å². The highest BCUT2D eigenvalue weighted by Crippen LogP contribution is 2.31. The number of aromatic nitrogens is 2. The van der Waals surface area contributed by atoms with Crippen LogP contribution in [0.1, 0.15) is 35.1 Å². The van der Waals surface area contributed by atoms with Crippen LogP contribution >= 0.6 is 0 Å². The zero-order valence-corrected chi connectivity index (χ0v) is 19.1. The number of nitrogens with zero attached hydrogens (tertiary/aromatic N) is 2. The SMILES string of the molecule is Cc1cc(C)c(C)c(S(=O)(=O)N2CCC(C(=O)Nc3nc4ccccc4[nH]3)CC2)c1C. The molecule has 2 aromatic carbocycles. The molecule has 7 nitrogen and oxygen atoms in total. The number of aromatic amines is 1. The van der Waals surface area contributed by atoms with Gasteiger partial charge in [-0.3, -0.25) is 10.1 Å². The molecule has 2 N–H and O–H groups in total. The molecule has 0 saturated carbocycles. The number of imidazole rings is 1. The van der Waals surface area contributed by atoms with Crippen LogP contribution in [0.5, 0.6) is 0 Å². The fraction of sp³-hybridized carbons (Fsp3) is 0.391. The van der Waals surface area contributed by atoms with Crippen LogP contribution in [0.25, 0.3) is 11.0 Å². The smallest absolute Gasteiger partial charge is 0.243 e. The maximum absolute atomic E-state index is 13.4. The minimum atomic E-state index is -3.61. The molecule has 1 fully saturated rings. The van der Waals surface area contributed by atoms with Gasteiger partial charge in [0.15, 0.2) is 0 Å². The third-order valence-electron chi connectivity index (χ3n) is 6.35. The maximum Gasteiger partial charge on any atom is 0.243 e. The summed E-state index contributed by atoms with van der Waals surface area (Å²) in [5.74, 6) is 0.0405. The number of aryl methyl sites for hydroxylation is 2. The van der Waals surface area contributed by atoms with Crippen molar-refractivity contribution in [2.24, 2.45) is 5.92 Å². The number of carbonyl (C=O) groups is 1. The molecule has 0 spiro atoms. The van der Waals surface area contributed by atoms with E-state index in [1.807, 2.05) is 58.0 Å². The second kappa shape index (κ2) is 8.09. The van der Waals surface area contributed by atoms with E-state index in [4.69, 9.17) is 0 Å². The van der Waals surface area contributed by atoms with E-state index in [1.165, 1.54) is 4.31 Å². The molecule has 1 saturated heterocycles. The Morgan fingerprint density at radius 3 is 2.29 bits per heavy atom. The first kappa shape index (κ1) is 21.5. The number of anilines is 1. The molecule has 0 aliphatic carbocycles. The number of hydrogen-bond acceptors (Lipinski definition) is 4. The van der Waals surface area contributed by atoms with E-state index in [0.717, 1.165) is 33.3 Å². The van der Waals surface area contributed by atoms with Crippen molar-refractivity contribution in [1.29, 1.82) is 0 Å². The van der Waals surface area contributed by atoms with Crippen molar-refractivity contribution < 1.29 is 13.2 Å². The lowest BCUT2D eigenvalue weighted by molar-refractivity contribution is -0.120. The predicted octanol–water partition coefficient (Wildman–Crippen LogP) is 3.84. The Balaban J connectivity index is 1.46. The van der Waals surface area contributed by atoms with Crippen molar-refractivity contribution in [3.63, 3.8) is 0 Å². The molecule has 1 aliphatic rings. The van der Waals surface area contributed by atoms with Crippen LogP contribution in [0.4, 0.5) is 5.95 Å². The van der Waals surface area contributed by atoms with Gasteiger partial charge >= 0.3 is 0 Å². The number of carbonyl (C=O) groups excluding carboxylic acids is 1. The van der Waals surface area contributed by atoms with Crippen LogP contribution in [-0.2, 0) is 14.8 Å². The summed E-state index contributed by atoms with van der Waals surface area (Å²) in [5, 5.41) is 2.85. The monoisotopic (exact) mass is 440 g/mol. The fourth-order valence-electron chi connectivity index (χ4n) is 4.29. The molecule has 3 aromatic rings. The van der Waals surface area contributed by atoms with E-state index in [9.17, 15) is 13.2 Å². The Labute approximate surface area is 182 Å². The van der Waals surface area contributed by atoms with Gasteiger partial charge in [-0.25, -0.2) is 13.4 Å². The number of para-hydroxylation sites is 2. The van der Waals surface area contributed by atoms with Gasteiger partial charge in [0, 0.05) is 19.0 Å². The summed E-state index contributed by atoms with van der Waals surface area (Å²) in [6.07, 6.45) is 0.961. The number of fused-ring (bicyclic) bond motifs is 1. The number of nitrogens with one attached hydrogen (secondary N) is 2. The van der Waals surface area contributed by atoms with E-state index in [1.54, 1.807) is 0 Å². The van der Waals surface area contributed by atoms with E-state index in [0.29, 0.717) is 36.8 Å². The summed E-state index contributed by atoms with van der Waals surface area (Å²) < 4.78 is 28.3. The first-order chi connectivity index (χ1) is 14.7. The minimum Gasteiger partial charge on any atom is -0.324 e. The van der Waals surface area contributed by atoms with E-state index >= 15 is 0 Å². The highest BCUT2D eigenvalue weighted by atomic mass is 32.2. The molecular weight excluding hydrogens is 412 g/mol. The van der Waals surface area contributed by atoms with Gasteiger partial charge in [0.1, 0.15) is 0 Å². The Bertz CT molecular complexity index is 1200. The molecule has 1 amide bonds. The van der Waals surface area contributed by atoms with Gasteiger partial charge in [-0.2, -0.15) is 4.31 Å². The van der Waals surface area contributed by atoms with Gasteiger partial charge in [0.2, 0.25) is 21.9 Å². The molecule has 4 rings (SSSR count). The van der Waals surface area contributed by atoms with E-state index in [-0.39, 0.29) is 11.8 Å². The standard InChI is InChI=1S/C23H28N4O3S/c1-14-13-15(2)17(4)21(16(14)3)31(29,30)27-11-9-18(10-12-27)22(28)26-23-24-19-7-5-6-8-20(19)25-23/h5-8,13,18H,9-12H2,1-4H3,(H2,24,25,26,28). The number of piperidine rings is 1. The fourth-order valence-corrected chi connectivity index (χ4v) is 6.33. The summed E-state index contributed by atoms with van der Waals surface area (Å²) in [6, 6.07) is 9.60. The molecule has 0 atom stereocenters. The quantitative estimate of drug-likeness (QED) is 0.644. The second-order valence-electron chi connectivity index (χ2n) is 8.36. The zero-order valence-electron chi connectivity index (χ0n) is 18.3. The average Bonchev–Trinajstić information content (AvgIpc) is 3.14. The van der Waals surface area contributed by atoms with Crippen LogP contribution in [0.2, 0.25) is 0 Å². The normalized spacial score (nSPS) is 16.0. The van der Waals surface area contributed by atoms with Crippen molar-refractivity contribution in [1.82, 2.24) is 14.3 Å². The van der Waals surface area contributed by atoms with Gasteiger partial charge in [-0.1, -0.05) is 18.2 Å². The lowest BCUT2D eigenvalue weighted by Gasteiger charge is -2.31. The van der Waals surface area contributed by atoms with Gasteiger partial charge in [0.25, 0.3) is 0 Å². The Kier molecular flexibility index (Phi) is 5.61. The first-order valence-electron chi connectivity index (χ1n) is 10.5. The third-order valence-corrected chi connectivity index (χ3v) is 8.52. The second-order valence-corrected chi connectivity index (χ2v) is 10.2. The average molecular weight is 441 g/mol. The van der Waals surface area contributed by atoms with E-state index in [2.05, 4.69) is 15.3 Å². The largest absolute Gasteiger partial charge is 0.324 e. The first-order valence-corrected chi connectivity index (χ1v) is 12.0. The zero-order chi connectivity index (χ0) is 22.3. The van der Waals surface area contributed by atoms with Gasteiger partial charge in [0.05, 0.1) is 15.9 Å². The molecular formula is C23H28N4O3S. The third kappa shape index (κ3) is 3.97. The van der Waals surface area contributed by atoms with Crippen LogP contribution in [0.3, 0.4) is 0 Å². The summed E-state index contributed by atoms with van der Waals surface area (Å²) in [5.41, 5.74) is 5.19. The molecule has 2 heterocycles. The van der Waals surface area contributed by atoms with Crippen LogP contribution in [-0.4, -0.2) is 41.7 Å². The summed E-state index contributed by atoms with van der Waals surface area (Å²) in [7, 11) is -3.61. The van der Waals surface area contributed by atoms with Crippen LogP contribution in [0, 0.1) is 33.6 Å². The highest BCUT2D eigenvalue weighted by molar-refractivity contribution is 7.89. The number of rotatable bonds is 4. The summed E-state index contributed by atoms with van der Waals surface area (Å²) in [4.78, 5) is 20.6. The van der Waals surface area contributed by atoms with Crippen molar-refractivity contribution >= 4 is 32.9 Å². The predicted molar refractivity (Wildman–Crippen MR) is 122 cm³/mol. The highest BCUT2D eigenvalue weighted by Gasteiger charge is 2.34. The number of amides is 1. The maximum atomic E-state index is 13.4. The summed E-state index contributed by atoms with van der Waals surface area (Å²) in [6.45, 7) is 8.26. The lowest BCUT2D eigenvalue weighted by Crippen LogP contribution is -2.42. The summed E-state index contributed by atoms with van der Waals surface area (Å²) >= 11 is 0. The lowest BCUT2D eigenvalue weighted by atomic mass is 9.97. The van der Waals surface area contributed by atoms with Crippen LogP contribution < -0.4 is 5.32 Å². The molecule has 1 aromatic heterocycles. The Hall–Kier alpha value is -2.71. The molecule has 1 aliphatic heterocycles. The van der Waals surface area contributed by atoms with Crippen molar-refractivity contribution in [2.75, 3.05) is 18.4 Å². The van der Waals surface area contributed by atoms with Gasteiger partial charge in [-0.15, -0.1) is 0 Å². The number of sulfonamides is 1. The molecule has 0 bridgehead atoms. The number of hydrogen-bond donors (Lipinski definition) is 2. The number of benzene rings is 2. The van der Waals surface area contributed by atoms with Gasteiger partial charge in [-0.05, 0) is 74.9 Å². The van der Waals surface area contributed by atoms with Crippen LogP contribution in [0.15, 0.2) is 35.2 Å².